The number of benzene rings is 3. The molecular formula is C76H103ClN12O17S9. The third-order valence-electron chi connectivity index (χ3n) is 18.2. The molecule has 29 nitrogen and oxygen atoms in total. The van der Waals surface area contributed by atoms with E-state index in [-0.39, 0.29) is 60.3 Å². The molecule has 0 saturated carbocycles. The van der Waals surface area contributed by atoms with Gasteiger partial charge in [-0.25, -0.2) is 42.1 Å². The molecule has 9 aromatic rings. The molecule has 7 N–H and O–H groups in total. The first-order valence-corrected chi connectivity index (χ1v) is 49.4. The molecule has 630 valence electrons. The Balaban J connectivity index is 0.000000219. The number of nitrogens with one attached hydrogen (secondary N) is 1. The molecule has 115 heavy (non-hydrogen) atoms. The number of sulfonamides is 4. The third kappa shape index (κ3) is 29.3. The fraction of sp³-hybridized carbons (Fsp3) is 0.408. The van der Waals surface area contributed by atoms with E-state index in [1.54, 1.807) is 148 Å². The van der Waals surface area contributed by atoms with Crippen LogP contribution in [0.15, 0.2) is 212 Å². The lowest BCUT2D eigenvalue weighted by Gasteiger charge is -2.43. The van der Waals surface area contributed by atoms with Crippen LogP contribution in [0.3, 0.4) is 0 Å². The molecule has 3 aromatic carbocycles. The first kappa shape index (κ1) is 95.3. The number of rotatable bonds is 25. The van der Waals surface area contributed by atoms with Gasteiger partial charge in [-0.1, -0.05) is 72.8 Å². The van der Waals surface area contributed by atoms with E-state index >= 15 is 0 Å². The lowest BCUT2D eigenvalue weighted by Crippen LogP contribution is -2.58. The Kier molecular flexibility index (Phi) is 35.0. The van der Waals surface area contributed by atoms with Crippen LogP contribution in [0.5, 0.6) is 0 Å². The van der Waals surface area contributed by atoms with Gasteiger partial charge < -0.3 is 46.2 Å². The number of anilines is 3. The predicted octanol–water partition coefficient (Wildman–Crippen LogP) is 7.92. The van der Waals surface area contributed by atoms with Crippen molar-refractivity contribution in [2.24, 2.45) is 5.73 Å². The van der Waals surface area contributed by atoms with Gasteiger partial charge in [-0.05, 0) is 164 Å². The number of aliphatic hydroxyl groups excluding tert-OH is 1. The average molecular weight is 1780 g/mol. The maximum atomic E-state index is 13.3. The molecule has 39 heteroatoms. The van der Waals surface area contributed by atoms with E-state index < -0.39 is 88.1 Å². The second kappa shape index (κ2) is 42.2. The SMILES string of the molecule is CC(C)(O)c1ccc(N2CCN(S(=O)(=O)c3cccs3)C[C@@H]2CN(Cc2cccnc2)S(C)(=O)=O)cc1.CC(C)(O)c1ccc(N2CCN(S(=O)(=O)c3cccs3)C[C@@H]2CNCc2cccnc2)cc1.CC(C)(O)c1ccc(N2CCN(S(=O)(=O)c3cccs3)C[C@@H]2COS(C)(=O)=O)cc1.CO.CS(=O)(=O)Cl.NCc1cccnc1. The minimum atomic E-state index is -3.70. The normalized spacial score (nSPS) is 17.1. The lowest BCUT2D eigenvalue weighted by molar-refractivity contribution is 0.0780. The van der Waals surface area contributed by atoms with Crippen LogP contribution >= 0.6 is 44.7 Å². The minimum Gasteiger partial charge on any atom is -0.400 e. The molecule has 9 heterocycles. The maximum Gasteiger partial charge on any atom is 0.264 e. The summed E-state index contributed by atoms with van der Waals surface area (Å²) in [5.74, 6) is 0. The van der Waals surface area contributed by atoms with E-state index in [4.69, 9.17) is 15.0 Å². The number of aliphatic hydroxyl groups is 4. The summed E-state index contributed by atoms with van der Waals surface area (Å²) < 4.78 is 158. The highest BCUT2D eigenvalue weighted by Crippen LogP contribution is 2.34. The zero-order valence-corrected chi connectivity index (χ0v) is 73.7. The Bertz CT molecular complexity index is 5140. The number of nitrogens with zero attached hydrogens (tertiary/aromatic N) is 10. The maximum absolute atomic E-state index is 13.3. The molecule has 3 aliphatic heterocycles. The van der Waals surface area contributed by atoms with Crippen molar-refractivity contribution in [1.29, 1.82) is 0 Å². The number of hydrogen-bond donors (Lipinski definition) is 6. The molecule has 0 aliphatic carbocycles. The number of thiophene rings is 3. The standard InChI is InChI=1S/C25H32N4O5S3.C24H30N4O3S2.C19H26N2O6S3.C6H8N2.CH3ClO2S.CH4O/c1-25(2,30)21-8-10-22(11-9-21)29-14-13-27(37(33,34)24-7-5-15-35-24)18-23(29)19-28(36(3,31)32)17-20-6-4-12-26-16-20;1-24(2,29)20-7-9-21(10-8-20)28-13-12-27(33(30,31)23-6-4-14-32-23)18-22(28)17-26-16-19-5-3-11-25-15-19;1-19(2,22)15-6-8-16(9-7-15)21-11-10-20(13-17(21)14-27-29(3,23)24)30(25,26)18-5-4-12-28-18;7-4-6-2-1-3-8-5-6;1-5(2,3)4;1-2/h4-12,15-16,23,30H,13-14,17-19H2,1-3H3;3-11,14-15,22,26,29H,12-13,16-18H2,1-2H3;4-9,12,17,22H,10-11,13-14H2,1-3H3;1-3,5H,4,7H2;1H3;2H,1H3/t23-;22-;17-;;;/m101.../s1. The Hall–Kier alpha value is -6.84. The molecule has 3 fully saturated rings. The Morgan fingerprint density at radius 2 is 0.809 bits per heavy atom. The smallest absolute Gasteiger partial charge is 0.264 e. The van der Waals surface area contributed by atoms with Crippen molar-refractivity contribution in [3.05, 3.63) is 232 Å². The predicted molar refractivity (Wildman–Crippen MR) is 455 cm³/mol. The van der Waals surface area contributed by atoms with Gasteiger partial charge in [-0.3, -0.25) is 19.1 Å². The van der Waals surface area contributed by atoms with E-state index in [1.807, 2.05) is 102 Å². The molecule has 3 aliphatic rings. The van der Waals surface area contributed by atoms with Crippen LogP contribution in [0, 0.1) is 0 Å². The first-order chi connectivity index (χ1) is 53.9. The van der Waals surface area contributed by atoms with Crippen LogP contribution in [-0.4, -0.2) is 226 Å². The highest BCUT2D eigenvalue weighted by atomic mass is 35.7. The van der Waals surface area contributed by atoms with Crippen molar-refractivity contribution in [1.82, 2.24) is 37.5 Å². The van der Waals surface area contributed by atoms with Crippen LogP contribution in [-0.2, 0) is 99.9 Å². The second-order valence-corrected chi connectivity index (χ2v) is 44.4. The number of hydrogen-bond acceptors (Lipinski definition) is 28. The summed E-state index contributed by atoms with van der Waals surface area (Å²) in [6, 6.07) is 42.9. The molecule has 12 rings (SSSR count). The summed E-state index contributed by atoms with van der Waals surface area (Å²) in [5, 5.41) is 46.5. The summed E-state index contributed by atoms with van der Waals surface area (Å²) in [6.45, 7) is 15.2. The summed E-state index contributed by atoms with van der Waals surface area (Å²) in [5.41, 5.74) is 10.3. The van der Waals surface area contributed by atoms with Gasteiger partial charge >= 0.3 is 0 Å². The van der Waals surface area contributed by atoms with Crippen LogP contribution < -0.4 is 25.8 Å². The summed E-state index contributed by atoms with van der Waals surface area (Å²) >= 11 is 3.57. The Morgan fingerprint density at radius 3 is 1.11 bits per heavy atom. The van der Waals surface area contributed by atoms with Crippen LogP contribution in [0.2, 0.25) is 0 Å². The topological polar surface area (TPSA) is 394 Å². The van der Waals surface area contributed by atoms with Crippen molar-refractivity contribution < 1.29 is 75.1 Å². The third-order valence-corrected chi connectivity index (χ3v) is 29.6. The van der Waals surface area contributed by atoms with Crippen molar-refractivity contribution in [3.8, 4) is 0 Å². The van der Waals surface area contributed by atoms with Gasteiger partial charge in [0.15, 0.2) is 0 Å². The average Bonchev–Trinajstić information content (AvgIpc) is 1.75. The van der Waals surface area contributed by atoms with Crippen molar-refractivity contribution >= 4 is 121 Å². The van der Waals surface area contributed by atoms with E-state index in [0.717, 1.165) is 87.7 Å². The number of aromatic nitrogens is 3. The molecule has 0 radical (unpaired) electrons. The van der Waals surface area contributed by atoms with Crippen LogP contribution in [0.4, 0.5) is 17.1 Å². The highest BCUT2D eigenvalue weighted by Gasteiger charge is 2.40. The quantitative estimate of drug-likeness (QED) is 0.0234. The second-order valence-electron chi connectivity index (χ2n) is 28.4. The van der Waals surface area contributed by atoms with Gasteiger partial charge in [0.25, 0.3) is 40.2 Å². The molecule has 0 amide bonds. The zero-order valence-electron chi connectivity index (χ0n) is 65.6. The zero-order chi connectivity index (χ0) is 84.8. The van der Waals surface area contributed by atoms with E-state index in [9.17, 15) is 65.8 Å². The van der Waals surface area contributed by atoms with E-state index in [1.165, 1.54) is 35.6 Å². The van der Waals surface area contributed by atoms with Gasteiger partial charge in [-0.15, -0.1) is 34.0 Å². The van der Waals surface area contributed by atoms with Crippen molar-refractivity contribution in [2.75, 3.05) is 119 Å². The fourth-order valence-corrected chi connectivity index (χ4v) is 21.3. The monoisotopic (exact) mass is 1780 g/mol. The lowest BCUT2D eigenvalue weighted by atomic mass is 9.98. The Labute approximate surface area is 694 Å². The largest absolute Gasteiger partial charge is 0.400 e. The van der Waals surface area contributed by atoms with Gasteiger partial charge in [0.1, 0.15) is 12.6 Å². The summed E-state index contributed by atoms with van der Waals surface area (Å²) in [6.07, 6.45) is 13.4. The first-order valence-electron chi connectivity index (χ1n) is 36.0. The Morgan fingerprint density at radius 1 is 0.478 bits per heavy atom. The molecule has 3 atom stereocenters. The number of nitrogens with two attached hydrogens (primary N) is 1. The molecule has 3 saturated heterocycles. The van der Waals surface area contributed by atoms with Gasteiger partial charge in [0.05, 0.1) is 60.3 Å². The van der Waals surface area contributed by atoms with Crippen LogP contribution in [0.1, 0.15) is 74.9 Å². The number of halogens is 1. The molecule has 6 aromatic heterocycles. The summed E-state index contributed by atoms with van der Waals surface area (Å²) in [7, 11) is -15.8. The molecular weight excluding hydrogens is 1680 g/mol. The van der Waals surface area contributed by atoms with Gasteiger partial charge in [0.2, 0.25) is 19.1 Å². The number of pyridine rings is 3. The van der Waals surface area contributed by atoms with Crippen molar-refractivity contribution in [2.45, 2.75) is 109 Å². The summed E-state index contributed by atoms with van der Waals surface area (Å²) in [4.78, 5) is 18.4. The molecule has 0 spiro atoms. The van der Waals surface area contributed by atoms with E-state index in [2.05, 4.69) is 40.8 Å². The fourth-order valence-electron chi connectivity index (χ4n) is 12.3. The number of piperazine rings is 3. The molecule has 0 unspecified atom stereocenters. The molecule has 0 bridgehead atoms. The van der Waals surface area contributed by atoms with Gasteiger partial charge in [-0.2, -0.15) is 25.6 Å². The van der Waals surface area contributed by atoms with E-state index in [0.29, 0.717) is 56.6 Å². The minimum absolute atomic E-state index is 0.0434. The van der Waals surface area contributed by atoms with Crippen molar-refractivity contribution in [3.63, 3.8) is 0 Å². The highest BCUT2D eigenvalue weighted by molar-refractivity contribution is 8.13. The van der Waals surface area contributed by atoms with Gasteiger partial charge in [0, 0.05) is 164 Å². The van der Waals surface area contributed by atoms with Crippen LogP contribution in [0.25, 0.3) is 0 Å².